The van der Waals surface area contributed by atoms with Crippen LogP contribution in [0.25, 0.3) is 0 Å². The monoisotopic (exact) mass is 359 g/mol. The number of urea groups is 1. The zero-order valence-electron chi connectivity index (χ0n) is 13.8. The molecular formula is C16H17N5O3S. The van der Waals surface area contributed by atoms with E-state index in [0.717, 1.165) is 16.3 Å². The molecule has 1 aliphatic heterocycles. The van der Waals surface area contributed by atoms with Crippen LogP contribution in [-0.2, 0) is 21.5 Å². The number of aryl methyl sites for hydroxylation is 1. The summed E-state index contributed by atoms with van der Waals surface area (Å²) in [5, 5.41) is 14.1. The summed E-state index contributed by atoms with van der Waals surface area (Å²) in [6.45, 7) is 3.18. The number of anilines is 1. The molecular weight excluding hydrogens is 342 g/mol. The molecule has 1 atom stereocenters. The number of benzene rings is 1. The molecule has 2 aromatic rings. The fraction of sp³-hybridized carbons (Fsp3) is 0.312. The van der Waals surface area contributed by atoms with Crippen LogP contribution in [0, 0.1) is 0 Å². The third-order valence-corrected chi connectivity index (χ3v) is 4.93. The van der Waals surface area contributed by atoms with Gasteiger partial charge in [0.25, 0.3) is 5.91 Å². The van der Waals surface area contributed by atoms with Crippen molar-refractivity contribution in [3.63, 3.8) is 0 Å². The van der Waals surface area contributed by atoms with Crippen LogP contribution in [0.3, 0.4) is 0 Å². The number of carbonyl (C=O) groups excluding carboxylic acids is 3. The summed E-state index contributed by atoms with van der Waals surface area (Å²) in [5.41, 5.74) is -0.524. The van der Waals surface area contributed by atoms with Gasteiger partial charge in [0.05, 0.1) is 0 Å². The summed E-state index contributed by atoms with van der Waals surface area (Å²) in [4.78, 5) is 38.0. The molecule has 0 spiro atoms. The Morgan fingerprint density at radius 2 is 2.00 bits per heavy atom. The molecule has 130 valence electrons. The number of aromatic nitrogens is 2. The normalized spacial score (nSPS) is 19.8. The number of rotatable bonds is 5. The third-order valence-electron chi connectivity index (χ3n) is 3.94. The highest BCUT2D eigenvalue weighted by Gasteiger charge is 2.49. The largest absolute Gasteiger partial charge is 0.325 e. The van der Waals surface area contributed by atoms with Crippen molar-refractivity contribution < 1.29 is 14.4 Å². The Labute approximate surface area is 148 Å². The third kappa shape index (κ3) is 3.22. The molecule has 0 aliphatic carbocycles. The lowest BCUT2D eigenvalue weighted by Crippen LogP contribution is -2.42. The molecule has 1 aromatic carbocycles. The Morgan fingerprint density at radius 1 is 1.28 bits per heavy atom. The molecule has 4 amide bonds. The molecule has 0 unspecified atom stereocenters. The van der Waals surface area contributed by atoms with Crippen molar-refractivity contribution >= 4 is 34.3 Å². The lowest BCUT2D eigenvalue weighted by atomic mass is 9.92. The van der Waals surface area contributed by atoms with Crippen molar-refractivity contribution in [3.05, 3.63) is 40.9 Å². The van der Waals surface area contributed by atoms with E-state index in [2.05, 4.69) is 20.8 Å². The van der Waals surface area contributed by atoms with Gasteiger partial charge < -0.3 is 5.32 Å². The molecule has 2 N–H and O–H groups in total. The molecule has 8 nitrogen and oxygen atoms in total. The number of hydrogen-bond acceptors (Lipinski definition) is 6. The first-order valence-corrected chi connectivity index (χ1v) is 8.57. The molecule has 1 aromatic heterocycles. The topological polar surface area (TPSA) is 104 Å². The first kappa shape index (κ1) is 17.0. The molecule has 1 saturated heterocycles. The summed E-state index contributed by atoms with van der Waals surface area (Å²) >= 11 is 1.26. The summed E-state index contributed by atoms with van der Waals surface area (Å²) in [6, 6.07) is 8.32. The van der Waals surface area contributed by atoms with Crippen molar-refractivity contribution in [2.45, 2.75) is 25.8 Å². The predicted octanol–water partition coefficient (Wildman–Crippen LogP) is 1.51. The molecule has 2 heterocycles. The SMILES string of the molecule is CCc1nnc(NC(=O)CN2C(=O)N[C@@](C)(c3ccccc3)C2=O)s1. The number of carbonyl (C=O) groups is 3. The van der Waals surface area contributed by atoms with Crippen molar-refractivity contribution in [1.29, 1.82) is 0 Å². The fourth-order valence-corrected chi connectivity index (χ4v) is 3.25. The fourth-order valence-electron chi connectivity index (χ4n) is 2.56. The number of nitrogens with one attached hydrogen (secondary N) is 2. The van der Waals surface area contributed by atoms with Gasteiger partial charge in [-0.15, -0.1) is 10.2 Å². The average molecular weight is 359 g/mol. The maximum absolute atomic E-state index is 12.7. The molecule has 0 bridgehead atoms. The Morgan fingerprint density at radius 3 is 2.64 bits per heavy atom. The number of amides is 4. The second-order valence-corrected chi connectivity index (χ2v) is 6.78. The molecule has 9 heteroatoms. The standard InChI is InChI=1S/C16H17N5O3S/c1-3-12-19-20-14(25-12)17-11(22)9-21-13(23)16(2,18-15(21)24)10-7-5-4-6-8-10/h4-8H,3,9H2,1-2H3,(H,18,24)(H,17,20,22)/t16-/m0/s1. The molecule has 0 saturated carbocycles. The average Bonchev–Trinajstić information content (AvgIpc) is 3.14. The molecule has 25 heavy (non-hydrogen) atoms. The van der Waals surface area contributed by atoms with E-state index in [9.17, 15) is 14.4 Å². The predicted molar refractivity (Wildman–Crippen MR) is 92.0 cm³/mol. The van der Waals surface area contributed by atoms with Gasteiger partial charge in [-0.05, 0) is 18.9 Å². The van der Waals surface area contributed by atoms with Crippen molar-refractivity contribution in [2.24, 2.45) is 0 Å². The van der Waals surface area contributed by atoms with E-state index >= 15 is 0 Å². The minimum Gasteiger partial charge on any atom is -0.319 e. The maximum Gasteiger partial charge on any atom is 0.325 e. The molecule has 0 radical (unpaired) electrons. The van der Waals surface area contributed by atoms with Gasteiger partial charge in [-0.25, -0.2) is 4.79 Å². The van der Waals surface area contributed by atoms with Gasteiger partial charge in [0.2, 0.25) is 11.0 Å². The van der Waals surface area contributed by atoms with Gasteiger partial charge in [0.15, 0.2) is 0 Å². The van der Waals surface area contributed by atoms with Crippen LogP contribution in [0.2, 0.25) is 0 Å². The number of imide groups is 1. The van der Waals surface area contributed by atoms with Gasteiger partial charge in [-0.1, -0.05) is 48.6 Å². The van der Waals surface area contributed by atoms with E-state index in [4.69, 9.17) is 0 Å². The second-order valence-electron chi connectivity index (χ2n) is 5.72. The van der Waals surface area contributed by atoms with Gasteiger partial charge >= 0.3 is 6.03 Å². The summed E-state index contributed by atoms with van der Waals surface area (Å²) in [5.74, 6) is -0.968. The first-order valence-electron chi connectivity index (χ1n) is 7.76. The summed E-state index contributed by atoms with van der Waals surface area (Å²) in [7, 11) is 0. The number of hydrogen-bond donors (Lipinski definition) is 2. The smallest absolute Gasteiger partial charge is 0.319 e. The molecule has 1 fully saturated rings. The molecule has 3 rings (SSSR count). The lowest BCUT2D eigenvalue weighted by molar-refractivity contribution is -0.133. The van der Waals surface area contributed by atoms with E-state index in [0.29, 0.717) is 10.7 Å². The lowest BCUT2D eigenvalue weighted by Gasteiger charge is -2.21. The summed E-state index contributed by atoms with van der Waals surface area (Å²) in [6.07, 6.45) is 0.718. The van der Waals surface area contributed by atoms with Crippen LogP contribution < -0.4 is 10.6 Å². The van der Waals surface area contributed by atoms with Gasteiger partial charge in [0.1, 0.15) is 17.1 Å². The Bertz CT molecular complexity index is 822. The highest BCUT2D eigenvalue weighted by Crippen LogP contribution is 2.28. The second kappa shape index (κ2) is 6.60. The highest BCUT2D eigenvalue weighted by atomic mass is 32.1. The summed E-state index contributed by atoms with van der Waals surface area (Å²) < 4.78 is 0. The zero-order chi connectivity index (χ0) is 18.0. The maximum atomic E-state index is 12.7. The number of nitrogens with zero attached hydrogens (tertiary/aromatic N) is 3. The van der Waals surface area contributed by atoms with Crippen LogP contribution in [0.1, 0.15) is 24.4 Å². The Hall–Kier alpha value is -2.81. The highest BCUT2D eigenvalue weighted by molar-refractivity contribution is 7.15. The van der Waals surface area contributed by atoms with Gasteiger partial charge in [-0.3, -0.25) is 19.8 Å². The Balaban J connectivity index is 1.71. The minimum atomic E-state index is -1.18. The van der Waals surface area contributed by atoms with Crippen molar-refractivity contribution in [2.75, 3.05) is 11.9 Å². The van der Waals surface area contributed by atoms with Crippen LogP contribution in [0.15, 0.2) is 30.3 Å². The van der Waals surface area contributed by atoms with Crippen LogP contribution in [-0.4, -0.2) is 39.5 Å². The van der Waals surface area contributed by atoms with Gasteiger partial charge in [-0.2, -0.15) is 0 Å². The zero-order valence-corrected chi connectivity index (χ0v) is 14.6. The Kier molecular flexibility index (Phi) is 4.49. The van der Waals surface area contributed by atoms with Crippen LogP contribution in [0.4, 0.5) is 9.93 Å². The van der Waals surface area contributed by atoms with Crippen LogP contribution >= 0.6 is 11.3 Å². The quantitative estimate of drug-likeness (QED) is 0.788. The minimum absolute atomic E-state index is 0.347. The van der Waals surface area contributed by atoms with Crippen molar-refractivity contribution in [3.8, 4) is 0 Å². The van der Waals surface area contributed by atoms with E-state index < -0.39 is 23.4 Å². The van der Waals surface area contributed by atoms with Crippen LogP contribution in [0.5, 0.6) is 0 Å². The van der Waals surface area contributed by atoms with E-state index in [1.54, 1.807) is 31.2 Å². The van der Waals surface area contributed by atoms with Gasteiger partial charge in [0, 0.05) is 0 Å². The van der Waals surface area contributed by atoms with E-state index in [-0.39, 0.29) is 6.54 Å². The van der Waals surface area contributed by atoms with Crippen molar-refractivity contribution in [1.82, 2.24) is 20.4 Å². The van der Waals surface area contributed by atoms with E-state index in [1.807, 2.05) is 13.0 Å². The molecule has 1 aliphatic rings. The van der Waals surface area contributed by atoms with E-state index in [1.165, 1.54) is 11.3 Å². The first-order chi connectivity index (χ1) is 11.9.